The van der Waals surface area contributed by atoms with Crippen LogP contribution in [-0.4, -0.2) is 56.8 Å². The monoisotopic (exact) mass is 338 g/mol. The standard InChI is InChI=1S/C16H22N2O4S/c1-12-11-14(5-6-15(12)22-2)23(20,21)18-9-7-17(8-10-18)16(19)13-3-4-13/h5-6,11,13H,3-4,7-10H2,1-2H3. The lowest BCUT2D eigenvalue weighted by Gasteiger charge is -2.34. The third-order valence-corrected chi connectivity index (χ3v) is 6.38. The summed E-state index contributed by atoms with van der Waals surface area (Å²) in [7, 11) is -1.96. The number of rotatable bonds is 4. The first-order valence-electron chi connectivity index (χ1n) is 7.87. The molecule has 126 valence electrons. The van der Waals surface area contributed by atoms with Crippen molar-refractivity contribution in [1.29, 1.82) is 0 Å². The summed E-state index contributed by atoms with van der Waals surface area (Å²) in [6.45, 7) is 3.48. The first-order valence-corrected chi connectivity index (χ1v) is 9.31. The summed E-state index contributed by atoms with van der Waals surface area (Å²) in [5, 5.41) is 0. The number of sulfonamides is 1. The topological polar surface area (TPSA) is 66.9 Å². The van der Waals surface area contributed by atoms with Crippen LogP contribution in [0.15, 0.2) is 23.1 Å². The molecule has 2 aliphatic rings. The number of amides is 1. The maximum atomic E-state index is 12.7. The molecule has 1 amide bonds. The quantitative estimate of drug-likeness (QED) is 0.829. The Hall–Kier alpha value is -1.60. The van der Waals surface area contributed by atoms with E-state index in [9.17, 15) is 13.2 Å². The molecular formula is C16H22N2O4S. The van der Waals surface area contributed by atoms with Gasteiger partial charge in [-0.25, -0.2) is 8.42 Å². The maximum absolute atomic E-state index is 12.7. The van der Waals surface area contributed by atoms with Crippen LogP contribution in [0.25, 0.3) is 0 Å². The van der Waals surface area contributed by atoms with E-state index in [0.29, 0.717) is 31.9 Å². The van der Waals surface area contributed by atoms with Gasteiger partial charge in [-0.05, 0) is 43.5 Å². The molecule has 1 saturated heterocycles. The Kier molecular flexibility index (Phi) is 4.33. The highest BCUT2D eigenvalue weighted by Gasteiger charge is 2.36. The molecule has 1 heterocycles. The predicted octanol–water partition coefficient (Wildman–Crippen LogP) is 1.25. The molecule has 6 nitrogen and oxygen atoms in total. The van der Waals surface area contributed by atoms with Crippen molar-refractivity contribution >= 4 is 15.9 Å². The molecule has 3 rings (SSSR count). The number of methoxy groups -OCH3 is 1. The van der Waals surface area contributed by atoms with Gasteiger partial charge in [-0.2, -0.15) is 4.31 Å². The van der Waals surface area contributed by atoms with E-state index in [1.54, 1.807) is 30.2 Å². The van der Waals surface area contributed by atoms with E-state index in [-0.39, 0.29) is 16.7 Å². The van der Waals surface area contributed by atoms with Crippen molar-refractivity contribution in [2.45, 2.75) is 24.7 Å². The minimum absolute atomic E-state index is 0.183. The van der Waals surface area contributed by atoms with E-state index in [1.165, 1.54) is 4.31 Å². The van der Waals surface area contributed by atoms with Gasteiger partial charge in [0.1, 0.15) is 5.75 Å². The zero-order valence-corrected chi connectivity index (χ0v) is 14.3. The zero-order chi connectivity index (χ0) is 16.6. The Bertz CT molecular complexity index is 705. The fraction of sp³-hybridized carbons (Fsp3) is 0.562. The SMILES string of the molecule is COc1ccc(S(=O)(=O)N2CCN(C(=O)C3CC3)CC2)cc1C. The minimum Gasteiger partial charge on any atom is -0.496 e. The first kappa shape index (κ1) is 16.3. The van der Waals surface area contributed by atoms with Crippen LogP contribution in [0.5, 0.6) is 5.75 Å². The van der Waals surface area contributed by atoms with E-state index in [4.69, 9.17) is 4.74 Å². The highest BCUT2D eigenvalue weighted by atomic mass is 32.2. The normalized spacial score (nSPS) is 19.7. The average Bonchev–Trinajstić information content (AvgIpc) is 3.39. The highest BCUT2D eigenvalue weighted by Crippen LogP contribution is 2.31. The molecule has 1 aliphatic heterocycles. The molecule has 0 atom stereocenters. The molecule has 1 aliphatic carbocycles. The predicted molar refractivity (Wildman–Crippen MR) is 85.8 cm³/mol. The number of hydrogen-bond acceptors (Lipinski definition) is 4. The smallest absolute Gasteiger partial charge is 0.243 e. The molecule has 0 N–H and O–H groups in total. The molecule has 23 heavy (non-hydrogen) atoms. The first-order chi connectivity index (χ1) is 10.9. The highest BCUT2D eigenvalue weighted by molar-refractivity contribution is 7.89. The second-order valence-electron chi connectivity index (χ2n) is 6.14. The summed E-state index contributed by atoms with van der Waals surface area (Å²) in [5.41, 5.74) is 0.788. The molecule has 1 aromatic carbocycles. The second-order valence-corrected chi connectivity index (χ2v) is 8.07. The van der Waals surface area contributed by atoms with Crippen LogP contribution >= 0.6 is 0 Å². The van der Waals surface area contributed by atoms with Gasteiger partial charge in [-0.15, -0.1) is 0 Å². The summed E-state index contributed by atoms with van der Waals surface area (Å²) < 4.78 is 32.1. The molecule has 0 radical (unpaired) electrons. The fourth-order valence-electron chi connectivity index (χ4n) is 2.90. The van der Waals surface area contributed by atoms with Gasteiger partial charge in [0.25, 0.3) is 0 Å². The van der Waals surface area contributed by atoms with Gasteiger partial charge in [0.2, 0.25) is 15.9 Å². The number of piperazine rings is 1. The van der Waals surface area contributed by atoms with Crippen LogP contribution in [0.2, 0.25) is 0 Å². The molecule has 2 fully saturated rings. The number of carbonyl (C=O) groups is 1. The van der Waals surface area contributed by atoms with Gasteiger partial charge in [-0.1, -0.05) is 0 Å². The second kappa shape index (κ2) is 6.13. The number of hydrogen-bond donors (Lipinski definition) is 0. The molecule has 0 bridgehead atoms. The zero-order valence-electron chi connectivity index (χ0n) is 13.5. The Morgan fingerprint density at radius 2 is 1.83 bits per heavy atom. The van der Waals surface area contributed by atoms with E-state index < -0.39 is 10.0 Å². The Balaban J connectivity index is 1.71. The van der Waals surface area contributed by atoms with Gasteiger partial charge in [0, 0.05) is 32.1 Å². The third-order valence-electron chi connectivity index (χ3n) is 4.48. The Morgan fingerprint density at radius 3 is 2.35 bits per heavy atom. The van der Waals surface area contributed by atoms with Gasteiger partial charge in [0.15, 0.2) is 0 Å². The lowest BCUT2D eigenvalue weighted by Crippen LogP contribution is -2.50. The maximum Gasteiger partial charge on any atom is 0.243 e. The number of nitrogens with zero attached hydrogens (tertiary/aromatic N) is 2. The summed E-state index contributed by atoms with van der Waals surface area (Å²) in [5.74, 6) is 1.04. The van der Waals surface area contributed by atoms with Gasteiger partial charge < -0.3 is 9.64 Å². The van der Waals surface area contributed by atoms with Crippen molar-refractivity contribution < 1.29 is 17.9 Å². The summed E-state index contributed by atoms with van der Waals surface area (Å²) in [6, 6.07) is 4.88. The fourth-order valence-corrected chi connectivity index (χ4v) is 4.41. The summed E-state index contributed by atoms with van der Waals surface area (Å²) in [4.78, 5) is 14.1. The van der Waals surface area contributed by atoms with Gasteiger partial charge in [-0.3, -0.25) is 4.79 Å². The van der Waals surface area contributed by atoms with Crippen molar-refractivity contribution in [3.05, 3.63) is 23.8 Å². The number of aryl methyl sites for hydroxylation is 1. The van der Waals surface area contributed by atoms with E-state index in [2.05, 4.69) is 0 Å². The Labute approximate surface area is 137 Å². The lowest BCUT2D eigenvalue weighted by atomic mass is 10.2. The molecule has 1 aromatic rings. The average molecular weight is 338 g/mol. The van der Waals surface area contributed by atoms with Crippen molar-refractivity contribution in [2.75, 3.05) is 33.3 Å². The van der Waals surface area contributed by atoms with Crippen LogP contribution in [0.4, 0.5) is 0 Å². The summed E-state index contributed by atoms with van der Waals surface area (Å²) >= 11 is 0. The van der Waals surface area contributed by atoms with Crippen LogP contribution in [0.1, 0.15) is 18.4 Å². The molecular weight excluding hydrogens is 316 g/mol. The van der Waals surface area contributed by atoms with Crippen molar-refractivity contribution in [3.63, 3.8) is 0 Å². The summed E-state index contributed by atoms with van der Waals surface area (Å²) in [6.07, 6.45) is 1.95. The van der Waals surface area contributed by atoms with Crippen molar-refractivity contribution in [1.82, 2.24) is 9.21 Å². The van der Waals surface area contributed by atoms with Crippen LogP contribution in [0.3, 0.4) is 0 Å². The number of benzene rings is 1. The van der Waals surface area contributed by atoms with Crippen LogP contribution in [-0.2, 0) is 14.8 Å². The van der Waals surface area contributed by atoms with E-state index >= 15 is 0 Å². The van der Waals surface area contributed by atoms with Crippen molar-refractivity contribution in [2.24, 2.45) is 5.92 Å². The molecule has 0 spiro atoms. The largest absolute Gasteiger partial charge is 0.496 e. The van der Waals surface area contributed by atoms with Crippen LogP contribution < -0.4 is 4.74 Å². The third kappa shape index (κ3) is 3.21. The minimum atomic E-state index is -3.52. The van der Waals surface area contributed by atoms with E-state index in [0.717, 1.165) is 18.4 Å². The van der Waals surface area contributed by atoms with Crippen molar-refractivity contribution in [3.8, 4) is 5.75 Å². The van der Waals surface area contributed by atoms with E-state index in [1.807, 2.05) is 6.92 Å². The number of carbonyl (C=O) groups excluding carboxylic acids is 1. The van der Waals surface area contributed by atoms with Gasteiger partial charge in [0.05, 0.1) is 12.0 Å². The Morgan fingerprint density at radius 1 is 1.17 bits per heavy atom. The van der Waals surface area contributed by atoms with Crippen LogP contribution in [0, 0.1) is 12.8 Å². The lowest BCUT2D eigenvalue weighted by molar-refractivity contribution is -0.133. The molecule has 0 unspecified atom stereocenters. The van der Waals surface area contributed by atoms with Gasteiger partial charge >= 0.3 is 0 Å². The number of ether oxygens (including phenoxy) is 1. The molecule has 7 heteroatoms. The molecule has 1 saturated carbocycles. The molecule has 0 aromatic heterocycles.